The summed E-state index contributed by atoms with van der Waals surface area (Å²) in [5.41, 5.74) is 0. The molecule has 0 radical (unpaired) electrons. The Labute approximate surface area is 58.5 Å². The van der Waals surface area contributed by atoms with E-state index < -0.39 is 12.1 Å². The number of rotatable bonds is 1. The molecule has 0 bridgehead atoms. The summed E-state index contributed by atoms with van der Waals surface area (Å²) < 4.78 is 4.67. The molecular weight excluding hydrogens is 134 g/mol. The Morgan fingerprint density at radius 2 is 2.50 bits per heavy atom. The van der Waals surface area contributed by atoms with Crippen LogP contribution in [0, 0.1) is 0 Å². The fourth-order valence-corrected chi connectivity index (χ4v) is 0.884. The van der Waals surface area contributed by atoms with Crippen molar-refractivity contribution in [3.63, 3.8) is 0 Å². The van der Waals surface area contributed by atoms with Crippen LogP contribution in [-0.2, 0) is 14.3 Å². The van der Waals surface area contributed by atoms with Gasteiger partial charge in [0.2, 0.25) is 0 Å². The van der Waals surface area contributed by atoms with Crippen molar-refractivity contribution in [2.75, 3.05) is 6.54 Å². The van der Waals surface area contributed by atoms with Crippen LogP contribution in [0.5, 0.6) is 0 Å². The van der Waals surface area contributed by atoms with Crippen LogP contribution in [0.25, 0.3) is 0 Å². The van der Waals surface area contributed by atoms with E-state index in [4.69, 9.17) is 0 Å². The first-order valence-electron chi connectivity index (χ1n) is 3.15. The second-order valence-electron chi connectivity index (χ2n) is 2.18. The van der Waals surface area contributed by atoms with Gasteiger partial charge < -0.3 is 10.1 Å². The molecule has 1 N–H and O–H groups in total. The summed E-state index contributed by atoms with van der Waals surface area (Å²) in [6.07, 6.45) is 0.0517. The second-order valence-corrected chi connectivity index (χ2v) is 2.18. The predicted octanol–water partition coefficient (Wildman–Crippen LogP) is -0.562. The molecule has 10 heavy (non-hydrogen) atoms. The lowest BCUT2D eigenvalue weighted by Crippen LogP contribution is -2.26. The van der Waals surface area contributed by atoms with Gasteiger partial charge in [-0.15, -0.1) is 0 Å². The quantitative estimate of drug-likeness (QED) is 0.500. The van der Waals surface area contributed by atoms with Gasteiger partial charge in [-0.25, -0.2) is 0 Å². The molecule has 0 aromatic rings. The number of nitrogens with one attached hydrogen (secondary N) is 1. The number of amides is 1. The van der Waals surface area contributed by atoms with Crippen LogP contribution in [0.3, 0.4) is 0 Å². The zero-order valence-electron chi connectivity index (χ0n) is 5.72. The van der Waals surface area contributed by atoms with Gasteiger partial charge in [0.05, 0.1) is 0 Å². The maximum atomic E-state index is 10.7. The lowest BCUT2D eigenvalue weighted by Gasteiger charge is -2.04. The van der Waals surface area contributed by atoms with Crippen molar-refractivity contribution in [3.8, 4) is 0 Å². The third-order valence-corrected chi connectivity index (χ3v) is 1.31. The normalized spacial score (nSPS) is 24.1. The number of esters is 1. The first-order valence-corrected chi connectivity index (χ1v) is 3.15. The second kappa shape index (κ2) is 2.68. The largest absolute Gasteiger partial charge is 0.452 e. The molecule has 1 aliphatic heterocycles. The van der Waals surface area contributed by atoms with E-state index in [2.05, 4.69) is 10.1 Å². The molecule has 1 saturated heterocycles. The molecule has 1 heterocycles. The van der Waals surface area contributed by atoms with Crippen LogP contribution in [0.2, 0.25) is 0 Å². The summed E-state index contributed by atoms with van der Waals surface area (Å²) in [7, 11) is 0. The monoisotopic (exact) mass is 143 g/mol. The van der Waals surface area contributed by atoms with Crippen LogP contribution >= 0.6 is 0 Å². The van der Waals surface area contributed by atoms with Crippen molar-refractivity contribution < 1.29 is 14.3 Å². The standard InChI is InChI=1S/C6H9NO3/c1-4(8)10-5-2-3-7-6(5)9/h5H,2-3H2,1H3,(H,7,9). The molecule has 1 aliphatic rings. The van der Waals surface area contributed by atoms with Crippen molar-refractivity contribution in [1.29, 1.82) is 0 Å². The zero-order valence-corrected chi connectivity index (χ0v) is 5.72. The third-order valence-electron chi connectivity index (χ3n) is 1.31. The summed E-state index contributed by atoms with van der Waals surface area (Å²) in [6.45, 7) is 1.91. The van der Waals surface area contributed by atoms with E-state index in [9.17, 15) is 9.59 Å². The zero-order chi connectivity index (χ0) is 7.56. The molecule has 1 rings (SSSR count). The molecule has 1 atom stereocenters. The number of ether oxygens (including phenoxy) is 1. The fourth-order valence-electron chi connectivity index (χ4n) is 0.884. The predicted molar refractivity (Wildman–Crippen MR) is 33.2 cm³/mol. The highest BCUT2D eigenvalue weighted by atomic mass is 16.5. The molecule has 1 fully saturated rings. The number of carbonyl (C=O) groups excluding carboxylic acids is 2. The fraction of sp³-hybridized carbons (Fsp3) is 0.667. The van der Waals surface area contributed by atoms with Gasteiger partial charge in [-0.3, -0.25) is 9.59 Å². The number of hydrogen-bond acceptors (Lipinski definition) is 3. The van der Waals surface area contributed by atoms with Gasteiger partial charge in [0.1, 0.15) is 0 Å². The Morgan fingerprint density at radius 1 is 1.80 bits per heavy atom. The minimum absolute atomic E-state index is 0.185. The van der Waals surface area contributed by atoms with Gasteiger partial charge in [-0.1, -0.05) is 0 Å². The molecule has 0 spiro atoms. The van der Waals surface area contributed by atoms with E-state index >= 15 is 0 Å². The topological polar surface area (TPSA) is 55.4 Å². The Hall–Kier alpha value is -1.06. The number of hydrogen-bond donors (Lipinski definition) is 1. The molecular formula is C6H9NO3. The van der Waals surface area contributed by atoms with E-state index in [1.165, 1.54) is 6.92 Å². The summed E-state index contributed by atoms with van der Waals surface area (Å²) >= 11 is 0. The van der Waals surface area contributed by atoms with Crippen LogP contribution < -0.4 is 5.32 Å². The molecule has 4 nitrogen and oxygen atoms in total. The molecule has 56 valence electrons. The van der Waals surface area contributed by atoms with Crippen molar-refractivity contribution in [2.45, 2.75) is 19.4 Å². The van der Waals surface area contributed by atoms with Crippen molar-refractivity contribution >= 4 is 11.9 Å². The van der Waals surface area contributed by atoms with Crippen LogP contribution in [-0.4, -0.2) is 24.5 Å². The molecule has 1 unspecified atom stereocenters. The molecule has 0 saturated carbocycles. The van der Waals surface area contributed by atoms with E-state index in [1.807, 2.05) is 0 Å². The lowest BCUT2D eigenvalue weighted by molar-refractivity contribution is -0.151. The highest BCUT2D eigenvalue weighted by Crippen LogP contribution is 2.04. The number of carbonyl (C=O) groups is 2. The Bertz CT molecular complexity index is 166. The summed E-state index contributed by atoms with van der Waals surface area (Å²) in [6, 6.07) is 0. The van der Waals surface area contributed by atoms with E-state index in [0.29, 0.717) is 13.0 Å². The minimum Gasteiger partial charge on any atom is -0.452 e. The Morgan fingerprint density at radius 3 is 2.90 bits per heavy atom. The summed E-state index contributed by atoms with van der Waals surface area (Å²) in [4.78, 5) is 21.1. The first-order chi connectivity index (χ1) is 4.70. The molecule has 0 aromatic heterocycles. The van der Waals surface area contributed by atoms with Gasteiger partial charge in [0.15, 0.2) is 6.10 Å². The Balaban J connectivity index is 2.40. The Kier molecular flexibility index (Phi) is 1.89. The van der Waals surface area contributed by atoms with Gasteiger partial charge in [0, 0.05) is 19.9 Å². The molecule has 1 amide bonds. The van der Waals surface area contributed by atoms with Crippen LogP contribution in [0.1, 0.15) is 13.3 Å². The minimum atomic E-state index is -0.544. The van der Waals surface area contributed by atoms with E-state index in [-0.39, 0.29) is 5.91 Å². The van der Waals surface area contributed by atoms with Crippen molar-refractivity contribution in [2.24, 2.45) is 0 Å². The lowest BCUT2D eigenvalue weighted by atomic mass is 10.3. The smallest absolute Gasteiger partial charge is 0.303 e. The average Bonchev–Trinajstić information content (AvgIpc) is 2.15. The van der Waals surface area contributed by atoms with Crippen molar-refractivity contribution in [1.82, 2.24) is 5.32 Å². The van der Waals surface area contributed by atoms with Crippen LogP contribution in [0.4, 0.5) is 0 Å². The van der Waals surface area contributed by atoms with Gasteiger partial charge in [-0.2, -0.15) is 0 Å². The SMILES string of the molecule is CC(=O)OC1CCNC1=O. The highest BCUT2D eigenvalue weighted by Gasteiger charge is 2.26. The van der Waals surface area contributed by atoms with Gasteiger partial charge in [0.25, 0.3) is 5.91 Å². The third kappa shape index (κ3) is 1.46. The molecule has 0 aliphatic carbocycles. The van der Waals surface area contributed by atoms with E-state index in [0.717, 1.165) is 0 Å². The van der Waals surface area contributed by atoms with Crippen LogP contribution in [0.15, 0.2) is 0 Å². The average molecular weight is 143 g/mol. The maximum Gasteiger partial charge on any atom is 0.303 e. The summed E-state index contributed by atoms with van der Waals surface area (Å²) in [5.74, 6) is -0.586. The maximum absolute atomic E-state index is 10.7. The summed E-state index contributed by atoms with van der Waals surface area (Å²) in [5, 5.41) is 2.56. The molecule has 0 aromatic carbocycles. The highest BCUT2D eigenvalue weighted by molar-refractivity contribution is 5.85. The first kappa shape index (κ1) is 7.05. The van der Waals surface area contributed by atoms with Gasteiger partial charge >= 0.3 is 5.97 Å². The van der Waals surface area contributed by atoms with E-state index in [1.54, 1.807) is 0 Å². The molecule has 4 heteroatoms. The van der Waals surface area contributed by atoms with Gasteiger partial charge in [-0.05, 0) is 0 Å². The van der Waals surface area contributed by atoms with Crippen molar-refractivity contribution in [3.05, 3.63) is 0 Å².